The summed E-state index contributed by atoms with van der Waals surface area (Å²) in [6.07, 6.45) is 12.8. The Morgan fingerprint density at radius 1 is 1.38 bits per heavy atom. The summed E-state index contributed by atoms with van der Waals surface area (Å²) in [6.45, 7) is 2.61. The quantitative estimate of drug-likeness (QED) is 0.751. The fourth-order valence-corrected chi connectivity index (χ4v) is 3.30. The van der Waals surface area contributed by atoms with Gasteiger partial charge < -0.3 is 10.1 Å². The lowest BCUT2D eigenvalue weighted by molar-refractivity contribution is 0.200. The van der Waals surface area contributed by atoms with Gasteiger partial charge in [0.1, 0.15) is 0 Å². The Morgan fingerprint density at radius 2 is 2.19 bits per heavy atom. The van der Waals surface area contributed by atoms with Crippen LogP contribution in [0.3, 0.4) is 0 Å². The zero-order chi connectivity index (χ0) is 14.9. The van der Waals surface area contributed by atoms with Crippen LogP contribution in [0.15, 0.2) is 28.5 Å². The van der Waals surface area contributed by atoms with Crippen molar-refractivity contribution in [3.05, 3.63) is 34.1 Å². The highest BCUT2D eigenvalue weighted by Gasteiger charge is 2.17. The van der Waals surface area contributed by atoms with Crippen molar-refractivity contribution in [3.8, 4) is 0 Å². The fraction of sp³-hybridized carbons (Fsp3) is 0.588. The molecular weight excluding hydrogens is 328 g/mol. The Balaban J connectivity index is 2.06. The Hall–Kier alpha value is -0.710. The second-order valence-electron chi connectivity index (χ2n) is 5.66. The van der Waals surface area contributed by atoms with Crippen molar-refractivity contribution in [2.45, 2.75) is 32.1 Å². The second kappa shape index (κ2) is 9.34. The molecule has 4 heteroatoms. The average molecular weight is 353 g/mol. The van der Waals surface area contributed by atoms with Gasteiger partial charge in [-0.25, -0.2) is 0 Å². The summed E-state index contributed by atoms with van der Waals surface area (Å²) in [5.41, 5.74) is 2.68. The Bertz CT molecular complexity index is 456. The van der Waals surface area contributed by atoms with E-state index < -0.39 is 0 Å². The van der Waals surface area contributed by atoms with E-state index in [0.29, 0.717) is 5.92 Å². The molecule has 0 aliphatic heterocycles. The van der Waals surface area contributed by atoms with E-state index in [9.17, 15) is 0 Å². The van der Waals surface area contributed by atoms with Gasteiger partial charge in [0.15, 0.2) is 0 Å². The van der Waals surface area contributed by atoms with Crippen LogP contribution in [0, 0.1) is 5.92 Å². The highest BCUT2D eigenvalue weighted by atomic mass is 79.9. The topological polar surface area (TPSA) is 34.1 Å². The number of methoxy groups -OCH3 is 1. The molecule has 0 amide bonds. The molecule has 0 unspecified atom stereocenters. The number of hydrogen-bond acceptors (Lipinski definition) is 3. The molecule has 2 rings (SSSR count). The van der Waals surface area contributed by atoms with Crippen molar-refractivity contribution >= 4 is 22.0 Å². The van der Waals surface area contributed by atoms with E-state index in [1.807, 2.05) is 12.4 Å². The molecule has 1 saturated carbocycles. The van der Waals surface area contributed by atoms with Gasteiger partial charge in [-0.15, -0.1) is 0 Å². The van der Waals surface area contributed by atoms with Crippen LogP contribution >= 0.6 is 15.9 Å². The number of hydrogen-bond donors (Lipinski definition) is 1. The van der Waals surface area contributed by atoms with Crippen molar-refractivity contribution < 1.29 is 4.74 Å². The van der Waals surface area contributed by atoms with E-state index in [1.54, 1.807) is 7.11 Å². The molecule has 0 radical (unpaired) electrons. The summed E-state index contributed by atoms with van der Waals surface area (Å²) in [6, 6.07) is 2.13. The smallest absolute Gasteiger partial charge is 0.0587 e. The number of nitrogens with one attached hydrogen (secondary N) is 1. The first-order valence-corrected chi connectivity index (χ1v) is 8.59. The molecule has 21 heavy (non-hydrogen) atoms. The van der Waals surface area contributed by atoms with Crippen LogP contribution in [0.25, 0.3) is 6.08 Å². The standard InChI is InChI=1S/C17H25BrN2O/c1-21-8-7-19-12-16(15-5-3-2-4-6-15)9-14-10-17(18)13-20-11-14/h9-11,13,15,19H,2-8,12H2,1H3/b16-9-. The van der Waals surface area contributed by atoms with Crippen molar-refractivity contribution in [2.24, 2.45) is 5.92 Å². The third-order valence-electron chi connectivity index (χ3n) is 4.02. The third kappa shape index (κ3) is 5.89. The largest absolute Gasteiger partial charge is 0.383 e. The van der Waals surface area contributed by atoms with Crippen LogP contribution in [-0.2, 0) is 4.74 Å². The van der Waals surface area contributed by atoms with Gasteiger partial charge in [0, 0.05) is 37.1 Å². The molecule has 0 aromatic carbocycles. The maximum Gasteiger partial charge on any atom is 0.0587 e. The summed E-state index contributed by atoms with van der Waals surface area (Å²) in [4.78, 5) is 4.26. The van der Waals surface area contributed by atoms with Gasteiger partial charge in [-0.1, -0.05) is 30.9 Å². The Labute approximate surface area is 136 Å². The summed E-state index contributed by atoms with van der Waals surface area (Å²) in [5, 5.41) is 3.49. The lowest BCUT2D eigenvalue weighted by Gasteiger charge is -2.25. The molecular formula is C17H25BrN2O. The van der Waals surface area contributed by atoms with Crippen molar-refractivity contribution in [1.29, 1.82) is 0 Å². The van der Waals surface area contributed by atoms with Crippen molar-refractivity contribution in [1.82, 2.24) is 10.3 Å². The van der Waals surface area contributed by atoms with E-state index in [4.69, 9.17) is 4.74 Å². The van der Waals surface area contributed by atoms with Crippen molar-refractivity contribution in [3.63, 3.8) is 0 Å². The molecule has 1 heterocycles. The molecule has 1 aromatic heterocycles. The summed E-state index contributed by atoms with van der Waals surface area (Å²) in [5.74, 6) is 0.716. The highest BCUT2D eigenvalue weighted by molar-refractivity contribution is 9.10. The zero-order valence-electron chi connectivity index (χ0n) is 12.8. The molecule has 1 aliphatic rings. The minimum absolute atomic E-state index is 0.716. The summed E-state index contributed by atoms with van der Waals surface area (Å²) in [7, 11) is 1.74. The lowest BCUT2D eigenvalue weighted by Crippen LogP contribution is -2.25. The molecule has 116 valence electrons. The molecule has 1 N–H and O–H groups in total. The van der Waals surface area contributed by atoms with Gasteiger partial charge in [-0.05, 0) is 46.3 Å². The molecule has 0 atom stereocenters. The van der Waals surface area contributed by atoms with E-state index in [2.05, 4.69) is 38.4 Å². The molecule has 0 bridgehead atoms. The van der Waals surface area contributed by atoms with Gasteiger partial charge in [-0.3, -0.25) is 4.98 Å². The number of ether oxygens (including phenoxy) is 1. The summed E-state index contributed by atoms with van der Waals surface area (Å²) < 4.78 is 6.14. The van der Waals surface area contributed by atoms with Gasteiger partial charge in [0.2, 0.25) is 0 Å². The monoisotopic (exact) mass is 352 g/mol. The predicted octanol–water partition coefficient (Wildman–Crippen LogP) is 4.04. The first-order chi connectivity index (χ1) is 10.3. The third-order valence-corrected chi connectivity index (χ3v) is 4.45. The normalized spacial score (nSPS) is 17.1. The molecule has 0 spiro atoms. The number of halogens is 1. The average Bonchev–Trinajstić information content (AvgIpc) is 2.51. The first-order valence-electron chi connectivity index (χ1n) is 7.80. The Morgan fingerprint density at radius 3 is 2.90 bits per heavy atom. The van der Waals surface area contributed by atoms with E-state index >= 15 is 0 Å². The van der Waals surface area contributed by atoms with E-state index in [0.717, 1.165) is 24.2 Å². The van der Waals surface area contributed by atoms with Crippen LogP contribution in [-0.4, -0.2) is 31.8 Å². The van der Waals surface area contributed by atoms with Crippen LogP contribution in [0.5, 0.6) is 0 Å². The van der Waals surface area contributed by atoms with Crippen LogP contribution < -0.4 is 5.32 Å². The lowest BCUT2D eigenvalue weighted by atomic mass is 9.83. The fourth-order valence-electron chi connectivity index (χ4n) is 2.91. The van der Waals surface area contributed by atoms with Gasteiger partial charge in [-0.2, -0.15) is 0 Å². The van der Waals surface area contributed by atoms with Gasteiger partial charge in [0.25, 0.3) is 0 Å². The molecule has 1 aliphatic carbocycles. The number of aromatic nitrogens is 1. The van der Waals surface area contributed by atoms with Gasteiger partial charge >= 0.3 is 0 Å². The van der Waals surface area contributed by atoms with Crippen LogP contribution in [0.4, 0.5) is 0 Å². The van der Waals surface area contributed by atoms with E-state index in [-0.39, 0.29) is 0 Å². The molecule has 3 nitrogen and oxygen atoms in total. The zero-order valence-corrected chi connectivity index (χ0v) is 14.4. The maximum absolute atomic E-state index is 5.10. The SMILES string of the molecule is COCCNC/C(=C/c1cncc(Br)c1)C1CCCCC1. The minimum Gasteiger partial charge on any atom is -0.383 e. The number of rotatable bonds is 7. The van der Waals surface area contributed by atoms with Crippen LogP contribution in [0.2, 0.25) is 0 Å². The highest BCUT2D eigenvalue weighted by Crippen LogP contribution is 2.30. The van der Waals surface area contributed by atoms with Crippen LogP contribution in [0.1, 0.15) is 37.7 Å². The van der Waals surface area contributed by atoms with Gasteiger partial charge in [0.05, 0.1) is 6.61 Å². The summed E-state index contributed by atoms with van der Waals surface area (Å²) >= 11 is 3.50. The minimum atomic E-state index is 0.716. The number of pyridine rings is 1. The molecule has 1 aromatic rings. The molecule has 0 saturated heterocycles. The Kier molecular flexibility index (Phi) is 7.41. The van der Waals surface area contributed by atoms with E-state index in [1.165, 1.54) is 43.2 Å². The van der Waals surface area contributed by atoms with Crippen molar-refractivity contribution in [2.75, 3.05) is 26.8 Å². The maximum atomic E-state index is 5.10. The molecule has 1 fully saturated rings. The predicted molar refractivity (Wildman–Crippen MR) is 91.2 cm³/mol. The first kappa shape index (κ1) is 16.7. The number of nitrogens with zero attached hydrogens (tertiary/aromatic N) is 1. The second-order valence-corrected chi connectivity index (χ2v) is 6.58.